The van der Waals surface area contributed by atoms with E-state index in [1.807, 2.05) is 24.3 Å². The van der Waals surface area contributed by atoms with Gasteiger partial charge in [0, 0.05) is 53.7 Å². The number of nitrogens with zero attached hydrogens (tertiary/aromatic N) is 3. The molecule has 3 fully saturated rings. The maximum absolute atomic E-state index is 14.8. The highest BCUT2D eigenvalue weighted by Gasteiger charge is 2.47. The van der Waals surface area contributed by atoms with Crippen LogP contribution in [0.15, 0.2) is 46.9 Å². The zero-order valence-electron chi connectivity index (χ0n) is 22.6. The summed E-state index contributed by atoms with van der Waals surface area (Å²) < 4.78 is 52.8. The number of aromatic nitrogens is 1. The Morgan fingerprint density at radius 1 is 1.15 bits per heavy atom. The Kier molecular flexibility index (Phi) is 7.16. The van der Waals surface area contributed by atoms with Crippen molar-refractivity contribution < 1.29 is 22.5 Å². The highest BCUT2D eigenvalue weighted by molar-refractivity contribution is 7.98. The minimum Gasteiger partial charge on any atom is -0.440 e. The van der Waals surface area contributed by atoms with Crippen LogP contribution in [0.2, 0.25) is 0 Å². The van der Waals surface area contributed by atoms with Gasteiger partial charge in [-0.2, -0.15) is 5.26 Å². The number of thiol groups is 1. The molecule has 3 aliphatic rings. The molecule has 3 N–H and O–H groups in total. The number of anilines is 1. The molecule has 3 aromatic rings. The Morgan fingerprint density at radius 3 is 2.51 bits per heavy atom. The third-order valence-electron chi connectivity index (χ3n) is 8.57. The van der Waals surface area contributed by atoms with E-state index >= 15 is 0 Å². The molecule has 41 heavy (non-hydrogen) atoms. The molecular weight excluding hydrogens is 548 g/mol. The van der Waals surface area contributed by atoms with Crippen LogP contribution in [0.3, 0.4) is 0 Å². The third-order valence-corrected chi connectivity index (χ3v) is 10.4. The van der Waals surface area contributed by atoms with E-state index in [0.717, 1.165) is 36.2 Å². The fourth-order valence-electron chi connectivity index (χ4n) is 5.93. The molecule has 1 amide bonds. The quantitative estimate of drug-likeness (QED) is 0.278. The van der Waals surface area contributed by atoms with Crippen molar-refractivity contribution in [3.63, 3.8) is 0 Å². The fraction of sp³-hybridized carbons (Fsp3) is 0.433. The van der Waals surface area contributed by atoms with Crippen LogP contribution in [-0.4, -0.2) is 45.6 Å². The van der Waals surface area contributed by atoms with Crippen LogP contribution in [-0.2, 0) is 14.9 Å². The standard InChI is InChI=1S/C30H33F2N5O3S/c31-20-7-10-24(25(32)17-20)29-35-26(19-5-8-21(9-6-19)37-13-15-41(34,39)16-14-37)27(40-29)22-3-1-2-4-23(22)28(38)36-30(18-33)11-12-30/h5-10,17,22-23,41H,1-4,11-16H2,(H2,34,39)(H,36,38)/t22-,23-/m1/s1. The Morgan fingerprint density at radius 2 is 1.85 bits per heavy atom. The van der Waals surface area contributed by atoms with Gasteiger partial charge >= 0.3 is 0 Å². The number of oxazole rings is 1. The molecular formula is C30H33F2N5O3S. The van der Waals surface area contributed by atoms with Gasteiger partial charge in [-0.1, -0.05) is 25.0 Å². The molecule has 1 aromatic heterocycles. The number of rotatable bonds is 6. The van der Waals surface area contributed by atoms with Crippen molar-refractivity contribution in [3.8, 4) is 28.8 Å². The van der Waals surface area contributed by atoms with Crippen LogP contribution in [0, 0.1) is 33.7 Å². The smallest absolute Gasteiger partial charge is 0.229 e. The number of hydrogen-bond donors (Lipinski definition) is 4. The Balaban J connectivity index is 1.36. The second-order valence-electron chi connectivity index (χ2n) is 11.4. The SMILES string of the molecule is N#CC1(NC(=O)[C@@H]2CCCC[C@H]2c2oc(-c3ccc(F)cc3F)nc2-c2ccc(N3CC[SH](=N)(O)CC3)cc2)CC1. The normalized spacial score (nSPS) is 23.8. The summed E-state index contributed by atoms with van der Waals surface area (Å²) in [6.07, 6.45) is 4.35. The van der Waals surface area contributed by atoms with Crippen molar-refractivity contribution >= 4 is 21.7 Å². The molecule has 11 heteroatoms. The van der Waals surface area contributed by atoms with E-state index in [1.54, 1.807) is 0 Å². The first-order chi connectivity index (χ1) is 19.7. The largest absolute Gasteiger partial charge is 0.440 e. The van der Waals surface area contributed by atoms with E-state index in [9.17, 15) is 23.4 Å². The maximum Gasteiger partial charge on any atom is 0.229 e. The first-order valence-electron chi connectivity index (χ1n) is 14.1. The molecule has 0 spiro atoms. The van der Waals surface area contributed by atoms with E-state index in [1.165, 1.54) is 6.07 Å². The topological polar surface area (TPSA) is 126 Å². The number of amides is 1. The second-order valence-corrected chi connectivity index (χ2v) is 14.2. The number of nitrogens with one attached hydrogen (secondary N) is 2. The second kappa shape index (κ2) is 10.7. The summed E-state index contributed by atoms with van der Waals surface area (Å²) in [5, 5.41) is 12.5. The highest BCUT2D eigenvalue weighted by atomic mass is 32.3. The number of nitriles is 1. The monoisotopic (exact) mass is 581 g/mol. The van der Waals surface area contributed by atoms with Crippen LogP contribution in [0.5, 0.6) is 0 Å². The van der Waals surface area contributed by atoms with E-state index in [-0.39, 0.29) is 23.3 Å². The van der Waals surface area contributed by atoms with Crippen molar-refractivity contribution in [3.05, 3.63) is 59.9 Å². The van der Waals surface area contributed by atoms with Gasteiger partial charge in [0.15, 0.2) is 0 Å². The Hall–Kier alpha value is -3.62. The summed E-state index contributed by atoms with van der Waals surface area (Å²) in [5.41, 5.74) is 1.46. The van der Waals surface area contributed by atoms with E-state index < -0.39 is 33.2 Å². The lowest BCUT2D eigenvalue weighted by Gasteiger charge is -2.36. The zero-order valence-corrected chi connectivity index (χ0v) is 23.5. The molecule has 6 rings (SSSR count). The Labute approximate surface area is 238 Å². The molecule has 0 radical (unpaired) electrons. The number of carbonyl (C=O) groups excluding carboxylic acids is 1. The van der Waals surface area contributed by atoms with Gasteiger partial charge in [-0.05, 0) is 49.9 Å². The van der Waals surface area contributed by atoms with Crippen LogP contribution in [0.1, 0.15) is 50.2 Å². The molecule has 2 atom stereocenters. The highest BCUT2D eigenvalue weighted by Crippen LogP contribution is 2.45. The summed E-state index contributed by atoms with van der Waals surface area (Å²) in [4.78, 5) is 20.3. The predicted molar refractivity (Wildman–Crippen MR) is 154 cm³/mol. The van der Waals surface area contributed by atoms with Crippen molar-refractivity contribution in [1.29, 1.82) is 10.0 Å². The Bertz CT molecular complexity index is 1550. The molecule has 1 saturated heterocycles. The average molecular weight is 582 g/mol. The molecule has 0 bridgehead atoms. The maximum atomic E-state index is 14.8. The van der Waals surface area contributed by atoms with Gasteiger partial charge in [0.1, 0.15) is 28.6 Å². The minimum atomic E-state index is -2.55. The summed E-state index contributed by atoms with van der Waals surface area (Å²) in [7, 11) is -2.55. The number of hydrogen-bond acceptors (Lipinski definition) is 6. The van der Waals surface area contributed by atoms with Gasteiger partial charge in [-0.25, -0.2) is 13.8 Å². The lowest BCUT2D eigenvalue weighted by Crippen LogP contribution is -2.42. The number of carbonyl (C=O) groups is 1. The molecule has 2 heterocycles. The lowest BCUT2D eigenvalue weighted by molar-refractivity contribution is -0.127. The molecule has 8 nitrogen and oxygen atoms in total. The summed E-state index contributed by atoms with van der Waals surface area (Å²) >= 11 is 0. The molecule has 2 aliphatic carbocycles. The predicted octanol–water partition coefficient (Wildman–Crippen LogP) is 5.67. The molecule has 2 aromatic carbocycles. The van der Waals surface area contributed by atoms with Crippen molar-refractivity contribution in [2.45, 2.75) is 50.0 Å². The summed E-state index contributed by atoms with van der Waals surface area (Å²) in [6, 6.07) is 13.2. The molecule has 1 aliphatic heterocycles. The molecule has 216 valence electrons. The van der Waals surface area contributed by atoms with Crippen molar-refractivity contribution in [1.82, 2.24) is 10.3 Å². The third kappa shape index (κ3) is 5.63. The number of halogens is 2. The zero-order chi connectivity index (χ0) is 28.8. The summed E-state index contributed by atoms with van der Waals surface area (Å²) in [6.45, 7) is 1.22. The van der Waals surface area contributed by atoms with E-state index in [4.69, 9.17) is 14.2 Å². The van der Waals surface area contributed by atoms with Gasteiger partial charge in [0.05, 0.1) is 11.6 Å². The van der Waals surface area contributed by atoms with Crippen LogP contribution in [0.25, 0.3) is 22.7 Å². The van der Waals surface area contributed by atoms with Crippen molar-refractivity contribution in [2.24, 2.45) is 5.92 Å². The van der Waals surface area contributed by atoms with Gasteiger partial charge in [0.25, 0.3) is 0 Å². The minimum absolute atomic E-state index is 0.0201. The van der Waals surface area contributed by atoms with Crippen LogP contribution < -0.4 is 10.2 Å². The van der Waals surface area contributed by atoms with Gasteiger partial charge in [-0.15, -0.1) is 10.1 Å². The van der Waals surface area contributed by atoms with Gasteiger partial charge in [0.2, 0.25) is 11.8 Å². The van der Waals surface area contributed by atoms with Gasteiger partial charge in [-0.3, -0.25) is 9.57 Å². The lowest BCUT2D eigenvalue weighted by atomic mass is 9.76. The first kappa shape index (κ1) is 27.5. The van der Waals surface area contributed by atoms with Gasteiger partial charge < -0.3 is 19.2 Å². The van der Waals surface area contributed by atoms with Crippen LogP contribution >= 0.6 is 0 Å². The molecule has 2 saturated carbocycles. The fourth-order valence-corrected chi connectivity index (χ4v) is 7.30. The average Bonchev–Trinajstić information content (AvgIpc) is 3.60. The summed E-state index contributed by atoms with van der Waals surface area (Å²) in [5.74, 6) is -0.974. The van der Waals surface area contributed by atoms with E-state index in [0.29, 0.717) is 61.7 Å². The number of benzene rings is 2. The first-order valence-corrected chi connectivity index (χ1v) is 16.2. The van der Waals surface area contributed by atoms with Crippen LogP contribution in [0.4, 0.5) is 14.5 Å². The van der Waals surface area contributed by atoms with Crippen molar-refractivity contribution in [2.75, 3.05) is 29.5 Å². The molecule has 0 unspecified atom stereocenters. The van der Waals surface area contributed by atoms with E-state index in [2.05, 4.69) is 16.3 Å².